The molecule has 0 spiro atoms. The maximum Gasteiger partial charge on any atom is 0.262 e. The summed E-state index contributed by atoms with van der Waals surface area (Å²) >= 11 is 12.2. The number of anilines is 2. The number of carbonyl (C=O) groups excluding carboxylic acids is 1. The summed E-state index contributed by atoms with van der Waals surface area (Å²) in [4.78, 5) is 14.9. The number of hydrogen-bond acceptors (Lipinski definition) is 5. The lowest BCUT2D eigenvalue weighted by atomic mass is 10.00. The average Bonchev–Trinajstić information content (AvgIpc) is 2.84. The van der Waals surface area contributed by atoms with Crippen molar-refractivity contribution in [1.82, 2.24) is 0 Å². The molecule has 2 aliphatic heterocycles. The Morgan fingerprint density at radius 3 is 2.57 bits per heavy atom. The molecule has 1 N–H and O–H groups in total. The molecule has 0 aliphatic carbocycles. The molecule has 5 rings (SSSR count). The third kappa shape index (κ3) is 5.05. The Labute approximate surface area is 213 Å². The zero-order valence-corrected chi connectivity index (χ0v) is 20.9. The molecule has 3 aromatic rings. The lowest BCUT2D eigenvalue weighted by Gasteiger charge is -2.30. The first kappa shape index (κ1) is 23.8. The van der Waals surface area contributed by atoms with Crippen LogP contribution in [0.15, 0.2) is 59.5 Å². The van der Waals surface area contributed by atoms with Crippen molar-refractivity contribution in [2.45, 2.75) is 24.2 Å². The number of amides is 1. The van der Waals surface area contributed by atoms with E-state index in [0.29, 0.717) is 58.2 Å². The van der Waals surface area contributed by atoms with Crippen LogP contribution < -0.4 is 19.1 Å². The zero-order valence-electron chi connectivity index (χ0n) is 18.6. The second-order valence-electron chi connectivity index (χ2n) is 8.32. The van der Waals surface area contributed by atoms with E-state index in [1.807, 2.05) is 6.07 Å². The van der Waals surface area contributed by atoms with Gasteiger partial charge < -0.3 is 14.4 Å². The van der Waals surface area contributed by atoms with Crippen LogP contribution in [0.4, 0.5) is 11.4 Å². The van der Waals surface area contributed by atoms with E-state index in [1.54, 1.807) is 41.3 Å². The van der Waals surface area contributed by atoms with Crippen LogP contribution in [0.1, 0.15) is 17.5 Å². The van der Waals surface area contributed by atoms with E-state index in [-0.39, 0.29) is 17.2 Å². The number of halogens is 2. The van der Waals surface area contributed by atoms with Crippen molar-refractivity contribution in [2.24, 2.45) is 0 Å². The fourth-order valence-electron chi connectivity index (χ4n) is 4.23. The first-order chi connectivity index (χ1) is 16.8. The van der Waals surface area contributed by atoms with Gasteiger partial charge in [0.25, 0.3) is 10.0 Å². The van der Waals surface area contributed by atoms with E-state index in [9.17, 15) is 13.2 Å². The Balaban J connectivity index is 1.39. The van der Waals surface area contributed by atoms with Crippen molar-refractivity contribution in [3.8, 4) is 11.5 Å². The van der Waals surface area contributed by atoms with Gasteiger partial charge >= 0.3 is 0 Å². The lowest BCUT2D eigenvalue weighted by molar-refractivity contribution is -0.118. The molecular weight excluding hydrogens is 511 g/mol. The molecule has 1 amide bonds. The summed E-state index contributed by atoms with van der Waals surface area (Å²) in [6, 6.07) is 14.8. The SMILES string of the molecule is O=C(Cc1ccc(Cl)cc1Cl)N1CCCc2ccc(NS(=O)(=O)c3ccc4c(c3)OCCO4)cc21. The summed E-state index contributed by atoms with van der Waals surface area (Å²) < 4.78 is 39.7. The number of rotatable bonds is 5. The third-order valence-corrected chi connectivity index (χ3v) is 7.90. The third-order valence-electron chi connectivity index (χ3n) is 5.94. The highest BCUT2D eigenvalue weighted by Crippen LogP contribution is 2.35. The van der Waals surface area contributed by atoms with Crippen LogP contribution in [0.25, 0.3) is 0 Å². The van der Waals surface area contributed by atoms with Crippen LogP contribution in [-0.2, 0) is 27.7 Å². The van der Waals surface area contributed by atoms with Crippen molar-refractivity contribution in [3.05, 3.63) is 75.8 Å². The van der Waals surface area contributed by atoms with Gasteiger partial charge in [0.15, 0.2) is 11.5 Å². The summed E-state index contributed by atoms with van der Waals surface area (Å²) in [5.41, 5.74) is 2.72. The van der Waals surface area contributed by atoms with Crippen molar-refractivity contribution in [2.75, 3.05) is 29.4 Å². The lowest BCUT2D eigenvalue weighted by Crippen LogP contribution is -2.36. The van der Waals surface area contributed by atoms with Crippen molar-refractivity contribution in [3.63, 3.8) is 0 Å². The Kier molecular flexibility index (Phi) is 6.53. The van der Waals surface area contributed by atoms with Gasteiger partial charge in [-0.15, -0.1) is 0 Å². The molecule has 2 heterocycles. The van der Waals surface area contributed by atoms with Crippen molar-refractivity contribution in [1.29, 1.82) is 0 Å². The minimum atomic E-state index is -3.89. The average molecular weight is 533 g/mol. The molecule has 7 nitrogen and oxygen atoms in total. The van der Waals surface area contributed by atoms with Gasteiger partial charge in [0, 0.05) is 28.3 Å². The highest BCUT2D eigenvalue weighted by Gasteiger charge is 2.25. The van der Waals surface area contributed by atoms with Gasteiger partial charge in [-0.25, -0.2) is 8.42 Å². The fourth-order valence-corrected chi connectivity index (χ4v) is 5.77. The van der Waals surface area contributed by atoms with Gasteiger partial charge in [-0.1, -0.05) is 35.3 Å². The molecule has 0 aromatic heterocycles. The first-order valence-corrected chi connectivity index (χ1v) is 13.3. The number of aryl methyl sites for hydroxylation is 1. The van der Waals surface area contributed by atoms with E-state index in [1.165, 1.54) is 12.1 Å². The number of sulfonamides is 1. The van der Waals surface area contributed by atoms with Gasteiger partial charge in [0.2, 0.25) is 5.91 Å². The molecule has 0 saturated carbocycles. The Morgan fingerprint density at radius 1 is 0.971 bits per heavy atom. The second-order valence-corrected chi connectivity index (χ2v) is 10.8. The highest BCUT2D eigenvalue weighted by molar-refractivity contribution is 7.92. The van der Waals surface area contributed by atoms with Crippen LogP contribution >= 0.6 is 23.2 Å². The number of ether oxygens (including phenoxy) is 2. The Morgan fingerprint density at radius 2 is 1.77 bits per heavy atom. The summed E-state index contributed by atoms with van der Waals surface area (Å²) in [5, 5.41) is 0.938. The molecular formula is C25H22Cl2N2O5S. The maximum absolute atomic E-state index is 13.2. The summed E-state index contributed by atoms with van der Waals surface area (Å²) in [5.74, 6) is 0.781. The van der Waals surface area contributed by atoms with Crippen LogP contribution in [0.5, 0.6) is 11.5 Å². The normalized spacial score (nSPS) is 14.9. The molecule has 0 fully saturated rings. The molecule has 35 heavy (non-hydrogen) atoms. The van der Waals surface area contributed by atoms with E-state index in [4.69, 9.17) is 32.7 Å². The summed E-state index contributed by atoms with van der Waals surface area (Å²) in [6.45, 7) is 1.32. The second kappa shape index (κ2) is 9.60. The molecule has 0 saturated heterocycles. The van der Waals surface area contributed by atoms with E-state index in [0.717, 1.165) is 18.4 Å². The molecule has 10 heteroatoms. The maximum atomic E-state index is 13.2. The molecule has 182 valence electrons. The molecule has 0 radical (unpaired) electrons. The van der Waals surface area contributed by atoms with Gasteiger partial charge in [-0.2, -0.15) is 0 Å². The summed E-state index contributed by atoms with van der Waals surface area (Å²) in [6.07, 6.45) is 1.73. The summed E-state index contributed by atoms with van der Waals surface area (Å²) in [7, 11) is -3.89. The quantitative estimate of drug-likeness (QED) is 0.494. The first-order valence-electron chi connectivity index (χ1n) is 11.1. The number of fused-ring (bicyclic) bond motifs is 2. The van der Waals surface area contributed by atoms with Crippen LogP contribution in [0.3, 0.4) is 0 Å². The van der Waals surface area contributed by atoms with Gasteiger partial charge in [-0.3, -0.25) is 9.52 Å². The molecule has 0 bridgehead atoms. The van der Waals surface area contributed by atoms with E-state index >= 15 is 0 Å². The largest absolute Gasteiger partial charge is 0.486 e. The number of carbonyl (C=O) groups is 1. The fraction of sp³-hybridized carbons (Fsp3) is 0.240. The molecule has 3 aromatic carbocycles. The van der Waals surface area contributed by atoms with Crippen LogP contribution in [0, 0.1) is 0 Å². The topological polar surface area (TPSA) is 84.9 Å². The number of benzene rings is 3. The van der Waals surface area contributed by atoms with Crippen molar-refractivity contribution < 1.29 is 22.7 Å². The molecule has 0 unspecified atom stereocenters. The predicted octanol–water partition coefficient (Wildman–Crippen LogP) is 5.09. The van der Waals surface area contributed by atoms with Crippen molar-refractivity contribution >= 4 is 50.5 Å². The Bertz CT molecular complexity index is 1410. The molecule has 2 aliphatic rings. The minimum absolute atomic E-state index is 0.0600. The van der Waals surface area contributed by atoms with E-state index in [2.05, 4.69) is 4.72 Å². The smallest absolute Gasteiger partial charge is 0.262 e. The number of nitrogens with one attached hydrogen (secondary N) is 1. The van der Waals surface area contributed by atoms with Crippen LogP contribution in [-0.4, -0.2) is 34.1 Å². The van der Waals surface area contributed by atoms with Gasteiger partial charge in [-0.05, 0) is 60.4 Å². The zero-order chi connectivity index (χ0) is 24.6. The van der Waals surface area contributed by atoms with Gasteiger partial charge in [0.1, 0.15) is 13.2 Å². The molecule has 0 atom stereocenters. The monoisotopic (exact) mass is 532 g/mol. The Hall–Kier alpha value is -2.94. The predicted molar refractivity (Wildman–Crippen MR) is 136 cm³/mol. The van der Waals surface area contributed by atoms with Gasteiger partial charge in [0.05, 0.1) is 17.0 Å². The van der Waals surface area contributed by atoms with Crippen LogP contribution in [0.2, 0.25) is 10.0 Å². The number of hydrogen-bond donors (Lipinski definition) is 1. The van der Waals surface area contributed by atoms with E-state index < -0.39 is 10.0 Å². The minimum Gasteiger partial charge on any atom is -0.486 e. The number of nitrogens with zero attached hydrogens (tertiary/aromatic N) is 1. The highest BCUT2D eigenvalue weighted by atomic mass is 35.5. The standard InChI is InChI=1S/C25H22Cl2N2O5S/c26-18-5-3-17(21(27)13-18)12-25(30)29-9-1-2-16-4-6-19(14-22(16)29)28-35(31,32)20-7-8-23-24(15-20)34-11-10-33-23/h3-8,13-15,28H,1-2,9-12H2.